The molecule has 0 saturated heterocycles. The van der Waals surface area contributed by atoms with E-state index in [1.165, 1.54) is 0 Å². The first-order valence-corrected chi connectivity index (χ1v) is 24.4. The summed E-state index contributed by atoms with van der Waals surface area (Å²) in [6.45, 7) is 2.16. The lowest BCUT2D eigenvalue weighted by Crippen LogP contribution is -1.97. The predicted octanol–water partition coefficient (Wildman–Crippen LogP) is 17.8. The van der Waals surface area contributed by atoms with Gasteiger partial charge in [0.05, 0.1) is 22.4 Å². The average Bonchev–Trinajstić information content (AvgIpc) is 3.46. The molecule has 9 aromatic carbocycles. The zero-order chi connectivity index (χ0) is 48.7. The molecule has 0 saturated carbocycles. The normalized spacial score (nSPS) is 11.4. The largest absolute Gasteiger partial charge is 0.439 e. The van der Waals surface area contributed by atoms with E-state index in [9.17, 15) is 0 Å². The van der Waals surface area contributed by atoms with Crippen LogP contribution in [-0.4, -0.2) is 19.9 Å². The van der Waals surface area contributed by atoms with Crippen LogP contribution in [0.5, 0.6) is 23.3 Å². The Bertz CT molecular complexity index is 4180. The third-order valence-electron chi connectivity index (χ3n) is 13.5. The zero-order valence-electron chi connectivity index (χ0n) is 39.8. The Balaban J connectivity index is 1.00. The number of rotatable bonds is 10. The lowest BCUT2D eigenvalue weighted by molar-refractivity contribution is 0.465. The number of aryl methyl sites for hydroxylation is 1. The summed E-state index contributed by atoms with van der Waals surface area (Å²) in [6, 6.07) is 85.3. The van der Waals surface area contributed by atoms with E-state index in [2.05, 4.69) is 171 Å². The van der Waals surface area contributed by atoms with E-state index in [0.717, 1.165) is 116 Å². The second-order valence-corrected chi connectivity index (χ2v) is 18.2. The van der Waals surface area contributed by atoms with Crippen molar-refractivity contribution in [2.45, 2.75) is 6.92 Å². The van der Waals surface area contributed by atoms with Gasteiger partial charge in [0.25, 0.3) is 0 Å². The molecule has 0 aliphatic carbocycles. The molecule has 0 unspecified atom stereocenters. The van der Waals surface area contributed by atoms with Crippen molar-refractivity contribution in [2.24, 2.45) is 0 Å². The minimum absolute atomic E-state index is 0.496. The van der Waals surface area contributed by atoms with E-state index in [0.29, 0.717) is 23.3 Å². The van der Waals surface area contributed by atoms with Crippen LogP contribution in [0, 0.1) is 6.92 Å². The Hall–Kier alpha value is -9.78. The SMILES string of the molecule is Cc1cc(-c2cc(-c3ccccc3)c3ccc4c(-c5ccccc5)cc(Oc5ccccc5)nc4c3n2)ccc1-c1cc(-c2ccccc2)c2ccc3c(-c4ccccc4)cc(Oc4ccccc4)nc3c2n1. The molecular weight excluding hydrogens is 893 g/mol. The molecule has 6 heteroatoms. The zero-order valence-corrected chi connectivity index (χ0v) is 39.8. The quantitative estimate of drug-likeness (QED) is 0.127. The molecule has 0 radical (unpaired) electrons. The molecule has 0 fully saturated rings. The molecule has 0 bridgehead atoms. The Morgan fingerprint density at radius 2 is 0.589 bits per heavy atom. The number of pyridine rings is 4. The molecule has 13 rings (SSSR count). The highest BCUT2D eigenvalue weighted by molar-refractivity contribution is 6.14. The Morgan fingerprint density at radius 1 is 0.260 bits per heavy atom. The van der Waals surface area contributed by atoms with E-state index in [4.69, 9.17) is 29.4 Å². The van der Waals surface area contributed by atoms with Crippen LogP contribution in [0.25, 0.3) is 111 Å². The van der Waals surface area contributed by atoms with E-state index in [-0.39, 0.29) is 0 Å². The van der Waals surface area contributed by atoms with Crippen LogP contribution >= 0.6 is 0 Å². The standard InChI is InChI=1S/C67H44N4O2/c1-43-38-48(60-39-56(44-20-8-2-9-21-44)52-34-36-54-58(46-24-12-4-13-25-46)41-62(70-66(54)64(52)68-60)72-49-28-16-6-17-29-49)32-33-51(43)61-40-57(45-22-10-3-11-23-45)53-35-37-55-59(47-26-14-5-15-27-47)42-63(71-67(55)65(53)69-61)73-50-30-18-7-19-31-50/h2-42H,1H3. The number of para-hydroxylation sites is 2. The fraction of sp³-hybridized carbons (Fsp3) is 0.0149. The molecule has 0 amide bonds. The third-order valence-corrected chi connectivity index (χ3v) is 13.5. The second-order valence-electron chi connectivity index (χ2n) is 18.2. The van der Waals surface area contributed by atoms with Gasteiger partial charge in [-0.15, -0.1) is 0 Å². The van der Waals surface area contributed by atoms with E-state index >= 15 is 0 Å². The molecular formula is C67H44N4O2. The maximum atomic E-state index is 6.49. The van der Waals surface area contributed by atoms with Gasteiger partial charge in [-0.3, -0.25) is 0 Å². The Morgan fingerprint density at radius 3 is 0.973 bits per heavy atom. The molecule has 4 heterocycles. The number of hydrogen-bond donors (Lipinski definition) is 0. The highest BCUT2D eigenvalue weighted by atomic mass is 16.5. The highest BCUT2D eigenvalue weighted by Gasteiger charge is 2.21. The summed E-state index contributed by atoms with van der Waals surface area (Å²) in [6.07, 6.45) is 0. The molecule has 0 aliphatic heterocycles. The van der Waals surface area contributed by atoms with Crippen LogP contribution < -0.4 is 9.47 Å². The van der Waals surface area contributed by atoms with Gasteiger partial charge >= 0.3 is 0 Å². The van der Waals surface area contributed by atoms with Gasteiger partial charge in [0, 0.05) is 44.8 Å². The Kier molecular flexibility index (Phi) is 11.0. The van der Waals surface area contributed by atoms with E-state index in [1.807, 2.05) is 84.9 Å². The number of fused-ring (bicyclic) bond motifs is 6. The van der Waals surface area contributed by atoms with Crippen molar-refractivity contribution in [3.8, 4) is 90.3 Å². The fourth-order valence-electron chi connectivity index (χ4n) is 10.0. The Labute approximate surface area is 422 Å². The fourth-order valence-corrected chi connectivity index (χ4v) is 10.0. The molecule has 0 N–H and O–H groups in total. The predicted molar refractivity (Wildman–Crippen MR) is 298 cm³/mol. The van der Waals surface area contributed by atoms with Crippen molar-refractivity contribution >= 4 is 43.6 Å². The van der Waals surface area contributed by atoms with Crippen LogP contribution in [0.15, 0.2) is 249 Å². The summed E-state index contributed by atoms with van der Waals surface area (Å²) < 4.78 is 13.0. The molecule has 0 atom stereocenters. The van der Waals surface area contributed by atoms with Gasteiger partial charge in [0.15, 0.2) is 0 Å². The minimum atomic E-state index is 0.496. The van der Waals surface area contributed by atoms with Gasteiger partial charge in [-0.25, -0.2) is 19.9 Å². The number of nitrogens with zero attached hydrogens (tertiary/aromatic N) is 4. The van der Waals surface area contributed by atoms with Crippen molar-refractivity contribution in [1.82, 2.24) is 19.9 Å². The maximum absolute atomic E-state index is 6.49. The van der Waals surface area contributed by atoms with Gasteiger partial charge < -0.3 is 9.47 Å². The highest BCUT2D eigenvalue weighted by Crippen LogP contribution is 2.43. The molecule has 0 aliphatic rings. The minimum Gasteiger partial charge on any atom is -0.439 e. The maximum Gasteiger partial charge on any atom is 0.220 e. The van der Waals surface area contributed by atoms with Crippen LogP contribution in [0.3, 0.4) is 0 Å². The smallest absolute Gasteiger partial charge is 0.220 e. The van der Waals surface area contributed by atoms with Crippen molar-refractivity contribution in [3.05, 3.63) is 254 Å². The first-order chi connectivity index (χ1) is 36.1. The van der Waals surface area contributed by atoms with Gasteiger partial charge in [-0.1, -0.05) is 194 Å². The van der Waals surface area contributed by atoms with Gasteiger partial charge in [0.2, 0.25) is 11.8 Å². The molecule has 6 nitrogen and oxygen atoms in total. The van der Waals surface area contributed by atoms with Gasteiger partial charge in [0.1, 0.15) is 22.5 Å². The van der Waals surface area contributed by atoms with Crippen LogP contribution in [-0.2, 0) is 0 Å². The van der Waals surface area contributed by atoms with E-state index in [1.54, 1.807) is 0 Å². The van der Waals surface area contributed by atoms with Crippen molar-refractivity contribution in [1.29, 1.82) is 0 Å². The van der Waals surface area contributed by atoms with E-state index < -0.39 is 0 Å². The van der Waals surface area contributed by atoms with Gasteiger partial charge in [-0.2, -0.15) is 0 Å². The summed E-state index contributed by atoms with van der Waals surface area (Å²) >= 11 is 0. The van der Waals surface area contributed by atoms with Crippen molar-refractivity contribution < 1.29 is 9.47 Å². The molecule has 0 spiro atoms. The number of aromatic nitrogens is 4. The lowest BCUT2D eigenvalue weighted by Gasteiger charge is -2.17. The summed E-state index contributed by atoms with van der Waals surface area (Å²) in [5, 5.41) is 3.98. The number of ether oxygens (including phenoxy) is 2. The summed E-state index contributed by atoms with van der Waals surface area (Å²) in [7, 11) is 0. The summed E-state index contributed by atoms with van der Waals surface area (Å²) in [5.74, 6) is 2.41. The molecule has 4 aromatic heterocycles. The van der Waals surface area contributed by atoms with Crippen LogP contribution in [0.2, 0.25) is 0 Å². The third kappa shape index (κ3) is 8.27. The molecule has 13 aromatic rings. The number of benzene rings is 9. The summed E-state index contributed by atoms with van der Waals surface area (Å²) in [4.78, 5) is 21.6. The topological polar surface area (TPSA) is 70.0 Å². The van der Waals surface area contributed by atoms with Crippen LogP contribution in [0.4, 0.5) is 0 Å². The van der Waals surface area contributed by atoms with Crippen molar-refractivity contribution in [3.63, 3.8) is 0 Å². The van der Waals surface area contributed by atoms with Crippen molar-refractivity contribution in [2.75, 3.05) is 0 Å². The first-order valence-electron chi connectivity index (χ1n) is 24.4. The summed E-state index contributed by atoms with van der Waals surface area (Å²) in [5.41, 5.74) is 16.3. The van der Waals surface area contributed by atoms with Gasteiger partial charge in [-0.05, 0) is 99.5 Å². The van der Waals surface area contributed by atoms with Crippen LogP contribution in [0.1, 0.15) is 5.56 Å². The number of hydrogen-bond acceptors (Lipinski definition) is 6. The first kappa shape index (κ1) is 43.3. The average molecular weight is 937 g/mol. The molecule has 344 valence electrons. The second kappa shape index (κ2) is 18.5. The monoisotopic (exact) mass is 936 g/mol. The lowest BCUT2D eigenvalue weighted by atomic mass is 9.93. The molecule has 73 heavy (non-hydrogen) atoms.